The molecule has 1 heterocycles. The fourth-order valence-corrected chi connectivity index (χ4v) is 3.37. The molecule has 106 valence electrons. The van der Waals surface area contributed by atoms with E-state index in [0.29, 0.717) is 6.04 Å². The molecule has 0 amide bonds. The second kappa shape index (κ2) is 6.57. The predicted octanol–water partition coefficient (Wildman–Crippen LogP) is 4.37. The first-order chi connectivity index (χ1) is 9.00. The molecular weight excluding hydrogens is 324 g/mol. The van der Waals surface area contributed by atoms with Crippen molar-refractivity contribution in [3.63, 3.8) is 0 Å². The Morgan fingerprint density at radius 1 is 1.37 bits per heavy atom. The Labute approximate surface area is 129 Å². The first kappa shape index (κ1) is 15.3. The van der Waals surface area contributed by atoms with E-state index in [0.717, 1.165) is 22.5 Å². The van der Waals surface area contributed by atoms with Crippen LogP contribution in [0.15, 0.2) is 22.7 Å². The van der Waals surface area contributed by atoms with Crippen LogP contribution in [0.1, 0.15) is 44.7 Å². The molecule has 4 heteroatoms. The lowest BCUT2D eigenvalue weighted by Gasteiger charge is -2.36. The predicted molar refractivity (Wildman–Crippen MR) is 85.6 cm³/mol. The number of hydrogen-bond donors (Lipinski definition) is 1. The van der Waals surface area contributed by atoms with Crippen LogP contribution in [0.25, 0.3) is 0 Å². The van der Waals surface area contributed by atoms with Crippen LogP contribution in [-0.4, -0.2) is 23.5 Å². The molecule has 2 atom stereocenters. The molecule has 1 aromatic rings. The van der Waals surface area contributed by atoms with Crippen molar-refractivity contribution < 1.29 is 0 Å². The number of nitrogens with zero attached hydrogens (tertiary/aromatic N) is 1. The summed E-state index contributed by atoms with van der Waals surface area (Å²) >= 11 is 9.69. The van der Waals surface area contributed by atoms with E-state index in [4.69, 9.17) is 17.3 Å². The molecular formula is C15H22BrClN2. The van der Waals surface area contributed by atoms with Crippen LogP contribution in [0.3, 0.4) is 0 Å². The Hall–Kier alpha value is -0.0900. The fraction of sp³-hybridized carbons (Fsp3) is 0.600. The zero-order valence-electron chi connectivity index (χ0n) is 11.6. The van der Waals surface area contributed by atoms with Crippen LogP contribution in [0.5, 0.6) is 0 Å². The van der Waals surface area contributed by atoms with Gasteiger partial charge in [-0.2, -0.15) is 0 Å². The van der Waals surface area contributed by atoms with Crippen molar-refractivity contribution >= 4 is 27.5 Å². The topological polar surface area (TPSA) is 29.3 Å². The summed E-state index contributed by atoms with van der Waals surface area (Å²) in [7, 11) is 0. The highest BCUT2D eigenvalue weighted by Crippen LogP contribution is 2.34. The van der Waals surface area contributed by atoms with Crippen LogP contribution >= 0.6 is 27.5 Å². The molecule has 1 fully saturated rings. The van der Waals surface area contributed by atoms with Gasteiger partial charge in [0.15, 0.2) is 0 Å². The smallest absolute Gasteiger partial charge is 0.0551 e. The van der Waals surface area contributed by atoms with Gasteiger partial charge in [0, 0.05) is 16.6 Å². The van der Waals surface area contributed by atoms with Crippen molar-refractivity contribution in [3.8, 4) is 0 Å². The molecule has 0 saturated carbocycles. The summed E-state index contributed by atoms with van der Waals surface area (Å²) in [6, 6.07) is 7.16. The van der Waals surface area contributed by atoms with E-state index in [1.54, 1.807) is 0 Å². The molecule has 0 radical (unpaired) electrons. The fourth-order valence-electron chi connectivity index (χ4n) is 2.93. The summed E-state index contributed by atoms with van der Waals surface area (Å²) < 4.78 is 0.941. The summed E-state index contributed by atoms with van der Waals surface area (Å²) in [5, 5.41) is 0.762. The van der Waals surface area contributed by atoms with Gasteiger partial charge in [0.2, 0.25) is 0 Å². The zero-order chi connectivity index (χ0) is 14.0. The van der Waals surface area contributed by atoms with Crippen molar-refractivity contribution in [1.82, 2.24) is 4.90 Å². The third-order valence-electron chi connectivity index (χ3n) is 3.92. The first-order valence-electron chi connectivity index (χ1n) is 6.97. The van der Waals surface area contributed by atoms with Crippen molar-refractivity contribution in [1.29, 1.82) is 0 Å². The highest BCUT2D eigenvalue weighted by atomic mass is 79.9. The van der Waals surface area contributed by atoms with Gasteiger partial charge in [-0.3, -0.25) is 4.90 Å². The highest BCUT2D eigenvalue weighted by molar-refractivity contribution is 9.10. The van der Waals surface area contributed by atoms with Gasteiger partial charge in [-0.25, -0.2) is 0 Å². The molecule has 0 bridgehead atoms. The van der Waals surface area contributed by atoms with Crippen molar-refractivity contribution in [2.75, 3.05) is 6.54 Å². The van der Waals surface area contributed by atoms with E-state index in [2.05, 4.69) is 46.8 Å². The maximum atomic E-state index is 6.43. The molecule has 0 aromatic heterocycles. The molecule has 2 N–H and O–H groups in total. The second-order valence-corrected chi connectivity index (χ2v) is 6.87. The van der Waals surface area contributed by atoms with E-state index in [1.165, 1.54) is 18.4 Å². The number of benzene rings is 1. The van der Waals surface area contributed by atoms with E-state index < -0.39 is 0 Å². The van der Waals surface area contributed by atoms with Crippen LogP contribution in [-0.2, 0) is 0 Å². The van der Waals surface area contributed by atoms with Crippen LogP contribution < -0.4 is 5.73 Å². The molecule has 19 heavy (non-hydrogen) atoms. The lowest BCUT2D eigenvalue weighted by molar-refractivity contribution is 0.144. The van der Waals surface area contributed by atoms with Crippen molar-refractivity contribution in [2.24, 2.45) is 5.73 Å². The standard InChI is InChI=1S/C15H22BrClN2/c1-10(2)19-8-4-3-5-14(18)15(19)11-6-7-12(16)13(17)9-11/h6-7,9-10,14-15H,3-5,8,18H2,1-2H3. The van der Waals surface area contributed by atoms with Gasteiger partial charge in [-0.05, 0) is 66.9 Å². The van der Waals surface area contributed by atoms with E-state index in [-0.39, 0.29) is 12.1 Å². The largest absolute Gasteiger partial charge is 0.326 e. The molecule has 2 nitrogen and oxygen atoms in total. The second-order valence-electron chi connectivity index (χ2n) is 5.61. The van der Waals surface area contributed by atoms with Crippen LogP contribution in [0.2, 0.25) is 5.02 Å². The van der Waals surface area contributed by atoms with Gasteiger partial charge in [-0.1, -0.05) is 24.1 Å². The molecule has 1 aliphatic rings. The van der Waals surface area contributed by atoms with Crippen molar-refractivity contribution in [2.45, 2.75) is 51.2 Å². The Bertz CT molecular complexity index is 436. The van der Waals surface area contributed by atoms with Gasteiger partial charge in [0.25, 0.3) is 0 Å². The van der Waals surface area contributed by atoms with Crippen LogP contribution in [0, 0.1) is 0 Å². The quantitative estimate of drug-likeness (QED) is 0.862. The minimum Gasteiger partial charge on any atom is -0.326 e. The highest BCUT2D eigenvalue weighted by Gasteiger charge is 2.30. The van der Waals surface area contributed by atoms with Gasteiger partial charge in [0.05, 0.1) is 11.1 Å². The molecule has 1 saturated heterocycles. The Balaban J connectivity index is 2.37. The number of halogens is 2. The Kier molecular flexibility index (Phi) is 5.29. The van der Waals surface area contributed by atoms with Gasteiger partial charge in [0.1, 0.15) is 0 Å². The lowest BCUT2D eigenvalue weighted by atomic mass is 9.95. The number of likely N-dealkylation sites (tertiary alicyclic amines) is 1. The van der Waals surface area contributed by atoms with Gasteiger partial charge >= 0.3 is 0 Å². The first-order valence-corrected chi connectivity index (χ1v) is 8.14. The number of hydrogen-bond acceptors (Lipinski definition) is 2. The molecule has 1 aliphatic heterocycles. The number of rotatable bonds is 2. The van der Waals surface area contributed by atoms with E-state index >= 15 is 0 Å². The maximum Gasteiger partial charge on any atom is 0.0551 e. The van der Waals surface area contributed by atoms with E-state index in [1.807, 2.05) is 6.07 Å². The third kappa shape index (κ3) is 3.52. The molecule has 2 unspecified atom stereocenters. The summed E-state index contributed by atoms with van der Waals surface area (Å²) in [6.07, 6.45) is 3.53. The molecule has 2 rings (SSSR count). The molecule has 1 aromatic carbocycles. The lowest BCUT2D eigenvalue weighted by Crippen LogP contribution is -2.43. The minimum absolute atomic E-state index is 0.183. The normalized spacial score (nSPS) is 25.6. The third-order valence-corrected chi connectivity index (χ3v) is 5.15. The van der Waals surface area contributed by atoms with Gasteiger partial charge in [-0.15, -0.1) is 0 Å². The Morgan fingerprint density at radius 3 is 2.74 bits per heavy atom. The van der Waals surface area contributed by atoms with Crippen molar-refractivity contribution in [3.05, 3.63) is 33.3 Å². The number of nitrogens with two attached hydrogens (primary N) is 1. The average molecular weight is 346 g/mol. The molecule has 0 aliphatic carbocycles. The molecule has 0 spiro atoms. The summed E-state index contributed by atoms with van der Waals surface area (Å²) in [5.74, 6) is 0. The van der Waals surface area contributed by atoms with E-state index in [9.17, 15) is 0 Å². The summed E-state index contributed by atoms with van der Waals surface area (Å²) in [4.78, 5) is 2.51. The van der Waals surface area contributed by atoms with Gasteiger partial charge < -0.3 is 5.73 Å². The summed E-state index contributed by atoms with van der Waals surface area (Å²) in [5.41, 5.74) is 7.66. The average Bonchev–Trinajstić information content (AvgIpc) is 2.55. The summed E-state index contributed by atoms with van der Waals surface area (Å²) in [6.45, 7) is 5.60. The monoisotopic (exact) mass is 344 g/mol. The maximum absolute atomic E-state index is 6.43. The Morgan fingerprint density at radius 2 is 2.11 bits per heavy atom. The minimum atomic E-state index is 0.183. The van der Waals surface area contributed by atoms with Crippen LogP contribution in [0.4, 0.5) is 0 Å². The zero-order valence-corrected chi connectivity index (χ0v) is 13.9. The SMILES string of the molecule is CC(C)N1CCCCC(N)C1c1ccc(Br)c(Cl)c1.